The van der Waals surface area contributed by atoms with Crippen LogP contribution in [-0.4, -0.2) is 31.5 Å². The molecule has 1 atom stereocenters. The van der Waals surface area contributed by atoms with Gasteiger partial charge in [0.1, 0.15) is 24.0 Å². The van der Waals surface area contributed by atoms with Gasteiger partial charge in [-0.1, -0.05) is 80.6 Å². The van der Waals surface area contributed by atoms with Gasteiger partial charge in [-0.2, -0.15) is 9.97 Å². The van der Waals surface area contributed by atoms with Gasteiger partial charge < -0.3 is 16.0 Å². The summed E-state index contributed by atoms with van der Waals surface area (Å²) >= 11 is 0. The van der Waals surface area contributed by atoms with Crippen molar-refractivity contribution >= 4 is 29.0 Å². The third-order valence-corrected chi connectivity index (χ3v) is 7.64. The molecule has 3 N–H and O–H groups in total. The highest BCUT2D eigenvalue weighted by atomic mass is 16.2. The second kappa shape index (κ2) is 14.1. The Labute approximate surface area is 252 Å². The summed E-state index contributed by atoms with van der Waals surface area (Å²) in [4.78, 5) is 34.4. The smallest absolute Gasteiger partial charge is 0.242 e. The number of imidazole rings is 1. The van der Waals surface area contributed by atoms with Crippen LogP contribution in [0.25, 0.3) is 15.5 Å². The topological polar surface area (TPSA) is 105 Å². The minimum absolute atomic E-state index is 0.0936. The number of hydrogen-bond donors (Lipinski definition) is 3. The van der Waals surface area contributed by atoms with Gasteiger partial charge in [-0.25, -0.2) is 14.7 Å². The molecule has 1 fully saturated rings. The van der Waals surface area contributed by atoms with Crippen molar-refractivity contribution in [2.45, 2.75) is 64.6 Å². The highest BCUT2D eigenvalue weighted by Crippen LogP contribution is 2.29. The van der Waals surface area contributed by atoms with E-state index < -0.39 is 6.04 Å². The van der Waals surface area contributed by atoms with E-state index in [1.165, 1.54) is 19.3 Å². The SMILES string of the molecule is [C-]#[N+]c1ccc(CNC(=O)C(CC2CCCCC2)Nc2cc(-n3cnc(C)c3)nc(NCc3cccc([N+]#[C-])c3)n2)cc1. The quantitative estimate of drug-likeness (QED) is 0.171. The molecule has 2 aromatic carbocycles. The van der Waals surface area contributed by atoms with E-state index in [4.69, 9.17) is 23.1 Å². The van der Waals surface area contributed by atoms with E-state index >= 15 is 0 Å². The van der Waals surface area contributed by atoms with Gasteiger partial charge >= 0.3 is 0 Å². The van der Waals surface area contributed by atoms with Crippen LogP contribution >= 0.6 is 0 Å². The molecule has 1 aliphatic carbocycles. The van der Waals surface area contributed by atoms with Crippen LogP contribution in [0, 0.1) is 26.0 Å². The molecule has 0 bridgehead atoms. The maximum absolute atomic E-state index is 13.6. The van der Waals surface area contributed by atoms with E-state index in [2.05, 4.69) is 30.6 Å². The number of aryl methyl sites for hydroxylation is 1. The molecule has 43 heavy (non-hydrogen) atoms. The molecule has 2 aromatic heterocycles. The Morgan fingerprint density at radius 1 is 0.977 bits per heavy atom. The monoisotopic (exact) mass is 573 g/mol. The number of aromatic nitrogens is 4. The molecular formula is C33H35N9O. The average Bonchev–Trinajstić information content (AvgIpc) is 3.49. The van der Waals surface area contributed by atoms with E-state index in [1.807, 2.05) is 54.1 Å². The third-order valence-electron chi connectivity index (χ3n) is 7.64. The Hall–Kier alpha value is -5.22. The van der Waals surface area contributed by atoms with Gasteiger partial charge in [0.25, 0.3) is 0 Å². The van der Waals surface area contributed by atoms with Gasteiger partial charge in [-0.15, -0.1) is 0 Å². The van der Waals surface area contributed by atoms with Crippen molar-refractivity contribution in [1.82, 2.24) is 24.8 Å². The summed E-state index contributed by atoms with van der Waals surface area (Å²) < 4.78 is 1.83. The lowest BCUT2D eigenvalue weighted by Crippen LogP contribution is -2.41. The maximum Gasteiger partial charge on any atom is 0.242 e. The molecule has 4 aromatic rings. The van der Waals surface area contributed by atoms with Crippen molar-refractivity contribution in [1.29, 1.82) is 0 Å². The first kappa shape index (κ1) is 29.3. The molecule has 0 saturated heterocycles. The minimum Gasteiger partial charge on any atom is -0.358 e. The van der Waals surface area contributed by atoms with Crippen LogP contribution < -0.4 is 16.0 Å². The van der Waals surface area contributed by atoms with Gasteiger partial charge in [0, 0.05) is 25.4 Å². The van der Waals surface area contributed by atoms with Crippen molar-refractivity contribution in [2.75, 3.05) is 10.6 Å². The van der Waals surface area contributed by atoms with Crippen molar-refractivity contribution in [3.05, 3.63) is 107 Å². The third kappa shape index (κ3) is 8.17. The summed E-state index contributed by atoms with van der Waals surface area (Å²) in [5.41, 5.74) is 3.88. The first-order valence-electron chi connectivity index (χ1n) is 14.6. The number of carbonyl (C=O) groups is 1. The van der Waals surface area contributed by atoms with Gasteiger partial charge in [0.05, 0.1) is 18.8 Å². The fourth-order valence-corrected chi connectivity index (χ4v) is 5.35. The second-order valence-electron chi connectivity index (χ2n) is 10.9. The molecule has 218 valence electrons. The number of nitrogens with one attached hydrogen (secondary N) is 3. The minimum atomic E-state index is -0.485. The highest BCUT2D eigenvalue weighted by Gasteiger charge is 2.25. The van der Waals surface area contributed by atoms with Crippen molar-refractivity contribution in [2.24, 2.45) is 5.92 Å². The number of carbonyl (C=O) groups excluding carboxylic acids is 1. The molecule has 1 unspecified atom stereocenters. The van der Waals surface area contributed by atoms with Crippen LogP contribution in [0.5, 0.6) is 0 Å². The fraction of sp³-hybridized carbons (Fsp3) is 0.333. The predicted molar refractivity (Wildman–Crippen MR) is 167 cm³/mol. The number of amides is 1. The Balaban J connectivity index is 1.38. The Morgan fingerprint density at radius 3 is 2.49 bits per heavy atom. The molecule has 2 heterocycles. The zero-order valence-corrected chi connectivity index (χ0v) is 24.3. The van der Waals surface area contributed by atoms with Crippen LogP contribution in [0.2, 0.25) is 0 Å². The molecule has 1 amide bonds. The molecule has 0 radical (unpaired) electrons. The second-order valence-corrected chi connectivity index (χ2v) is 10.9. The van der Waals surface area contributed by atoms with E-state index in [0.29, 0.717) is 54.4 Å². The maximum atomic E-state index is 13.6. The van der Waals surface area contributed by atoms with Gasteiger partial charge in [-0.05, 0) is 30.4 Å². The normalized spacial score (nSPS) is 13.8. The summed E-state index contributed by atoms with van der Waals surface area (Å²) in [5.74, 6) is 1.92. The van der Waals surface area contributed by atoms with Crippen molar-refractivity contribution in [3.63, 3.8) is 0 Å². The molecule has 5 rings (SSSR count). The molecule has 1 saturated carbocycles. The molecule has 0 spiro atoms. The summed E-state index contributed by atoms with van der Waals surface area (Å²) in [6.07, 6.45) is 10.1. The van der Waals surface area contributed by atoms with Crippen LogP contribution in [0.4, 0.5) is 23.1 Å². The predicted octanol–water partition coefficient (Wildman–Crippen LogP) is 6.75. The van der Waals surface area contributed by atoms with E-state index in [-0.39, 0.29) is 5.91 Å². The first-order valence-corrected chi connectivity index (χ1v) is 14.6. The van der Waals surface area contributed by atoms with Gasteiger partial charge in [0.2, 0.25) is 11.9 Å². The van der Waals surface area contributed by atoms with Crippen molar-refractivity contribution in [3.8, 4) is 5.82 Å². The molecule has 10 heteroatoms. The van der Waals surface area contributed by atoms with Crippen LogP contribution in [0.1, 0.15) is 55.3 Å². The van der Waals surface area contributed by atoms with Crippen LogP contribution in [-0.2, 0) is 17.9 Å². The lowest BCUT2D eigenvalue weighted by atomic mass is 9.84. The van der Waals surface area contributed by atoms with Gasteiger partial charge in [0.15, 0.2) is 11.4 Å². The lowest BCUT2D eigenvalue weighted by molar-refractivity contribution is -0.122. The summed E-state index contributed by atoms with van der Waals surface area (Å²) in [7, 11) is 0. The summed E-state index contributed by atoms with van der Waals surface area (Å²) in [6, 6.07) is 16.0. The number of anilines is 2. The number of hydrogen-bond acceptors (Lipinski definition) is 6. The largest absolute Gasteiger partial charge is 0.358 e. The average molecular weight is 574 g/mol. The molecule has 10 nitrogen and oxygen atoms in total. The highest BCUT2D eigenvalue weighted by molar-refractivity contribution is 5.84. The van der Waals surface area contributed by atoms with Crippen molar-refractivity contribution < 1.29 is 4.79 Å². The molecular weight excluding hydrogens is 538 g/mol. The summed E-state index contributed by atoms with van der Waals surface area (Å²) in [5, 5.41) is 9.82. The van der Waals surface area contributed by atoms with Crippen LogP contribution in [0.3, 0.4) is 0 Å². The Kier molecular flexibility index (Phi) is 9.60. The number of rotatable bonds is 11. The van der Waals surface area contributed by atoms with E-state index in [9.17, 15) is 4.79 Å². The van der Waals surface area contributed by atoms with Gasteiger partial charge in [-0.3, -0.25) is 9.36 Å². The standard InChI is InChI=1S/C33H35N9O/c1-23-21-42(22-38-23)31-18-30(40-33(41-31)37-20-26-10-7-11-28(16-26)35-3)39-29(17-24-8-5-4-6-9-24)32(43)36-19-25-12-14-27(34-2)15-13-25/h7,10-16,18,21-22,24,29H,4-6,8-9,17,19-20H2,1H3,(H,36,43)(H2,37,39,40,41). The number of benzene rings is 2. The fourth-order valence-electron chi connectivity index (χ4n) is 5.35. The zero-order valence-electron chi connectivity index (χ0n) is 24.3. The van der Waals surface area contributed by atoms with Crippen LogP contribution in [0.15, 0.2) is 67.1 Å². The Morgan fingerprint density at radius 2 is 1.77 bits per heavy atom. The Bertz CT molecular complexity index is 1630. The zero-order chi connectivity index (χ0) is 30.0. The van der Waals surface area contributed by atoms with E-state index in [1.54, 1.807) is 24.5 Å². The lowest BCUT2D eigenvalue weighted by Gasteiger charge is -2.27. The number of nitrogens with zero attached hydrogens (tertiary/aromatic N) is 6. The first-order chi connectivity index (χ1) is 21.0. The molecule has 1 aliphatic rings. The van der Waals surface area contributed by atoms with E-state index in [0.717, 1.165) is 29.7 Å². The summed E-state index contributed by atoms with van der Waals surface area (Å²) in [6.45, 7) is 17.2. The molecule has 0 aliphatic heterocycles.